The molecule has 0 bridgehead atoms. The maximum absolute atomic E-state index is 10.8. The van der Waals surface area contributed by atoms with Gasteiger partial charge in [0, 0.05) is 0 Å². The molecule has 0 radical (unpaired) electrons. The van der Waals surface area contributed by atoms with Gasteiger partial charge in [-0.15, -0.1) is 6.58 Å². The summed E-state index contributed by atoms with van der Waals surface area (Å²) >= 11 is 0. The fraction of sp³-hybridized carbons (Fsp3) is 0.778. The summed E-state index contributed by atoms with van der Waals surface area (Å²) in [5, 5.41) is 0. The highest BCUT2D eigenvalue weighted by Crippen LogP contribution is 2.27. The molecule has 0 N–H and O–H groups in total. The first-order chi connectivity index (χ1) is 6.01. The Kier molecular flexibility index (Phi) is 3.50. The second kappa shape index (κ2) is 4.24. The third-order valence-corrected chi connectivity index (χ3v) is 2.93. The van der Waals surface area contributed by atoms with Crippen LogP contribution < -0.4 is 0 Å². The highest BCUT2D eigenvalue weighted by atomic mass is 32.2. The maximum atomic E-state index is 10.8. The number of rotatable bonds is 3. The van der Waals surface area contributed by atoms with Crippen LogP contribution in [0.4, 0.5) is 0 Å². The van der Waals surface area contributed by atoms with Gasteiger partial charge in [0.1, 0.15) is 0 Å². The van der Waals surface area contributed by atoms with Crippen molar-refractivity contribution in [2.24, 2.45) is 5.92 Å². The molecule has 1 aliphatic carbocycles. The molecule has 0 aromatic carbocycles. The lowest BCUT2D eigenvalue weighted by Crippen LogP contribution is -2.24. The lowest BCUT2D eigenvalue weighted by atomic mass is 9.87. The third kappa shape index (κ3) is 3.91. The van der Waals surface area contributed by atoms with E-state index in [1.165, 1.54) is 0 Å². The van der Waals surface area contributed by atoms with Crippen molar-refractivity contribution in [1.82, 2.24) is 0 Å². The van der Waals surface area contributed by atoms with E-state index in [0.29, 0.717) is 5.92 Å². The van der Waals surface area contributed by atoms with Crippen LogP contribution in [-0.2, 0) is 14.3 Å². The molecule has 1 rings (SSSR count). The van der Waals surface area contributed by atoms with Crippen molar-refractivity contribution in [3.63, 3.8) is 0 Å². The quantitative estimate of drug-likeness (QED) is 0.519. The summed E-state index contributed by atoms with van der Waals surface area (Å²) < 4.78 is 26.6. The molecule has 0 aromatic heterocycles. The lowest BCUT2D eigenvalue weighted by molar-refractivity contribution is 0.145. The number of allylic oxidation sites excluding steroid dienone is 1. The van der Waals surface area contributed by atoms with E-state index in [-0.39, 0.29) is 6.10 Å². The molecular formula is C9H16O3S. The van der Waals surface area contributed by atoms with E-state index in [1.807, 2.05) is 6.08 Å². The van der Waals surface area contributed by atoms with E-state index >= 15 is 0 Å². The van der Waals surface area contributed by atoms with Crippen molar-refractivity contribution in [2.75, 3.05) is 6.26 Å². The van der Waals surface area contributed by atoms with E-state index in [0.717, 1.165) is 31.9 Å². The predicted octanol–water partition coefficient (Wildman–Crippen LogP) is 1.71. The second-order valence-electron chi connectivity index (χ2n) is 3.58. The molecule has 76 valence electrons. The first-order valence-electron chi connectivity index (χ1n) is 4.52. The van der Waals surface area contributed by atoms with Crippen molar-refractivity contribution in [3.8, 4) is 0 Å². The third-order valence-electron chi connectivity index (χ3n) is 2.31. The largest absolute Gasteiger partial charge is 0.267 e. The number of hydrogen-bond donors (Lipinski definition) is 0. The monoisotopic (exact) mass is 204 g/mol. The van der Waals surface area contributed by atoms with E-state index in [2.05, 4.69) is 6.58 Å². The van der Waals surface area contributed by atoms with E-state index < -0.39 is 10.1 Å². The van der Waals surface area contributed by atoms with Crippen molar-refractivity contribution in [3.05, 3.63) is 12.7 Å². The fourth-order valence-corrected chi connectivity index (χ4v) is 2.40. The standard InChI is InChI=1S/C9H16O3S/c1-3-8-5-4-6-9(7-8)12-13(2,10)11/h3,8-9H,1,4-7H2,2H3/t8?,9-/m0/s1. The van der Waals surface area contributed by atoms with Gasteiger partial charge in [0.25, 0.3) is 10.1 Å². The highest BCUT2D eigenvalue weighted by Gasteiger charge is 2.23. The predicted molar refractivity (Wildman–Crippen MR) is 51.9 cm³/mol. The Morgan fingerprint density at radius 1 is 1.46 bits per heavy atom. The molecule has 1 aliphatic rings. The minimum atomic E-state index is -3.29. The van der Waals surface area contributed by atoms with Crippen molar-refractivity contribution in [2.45, 2.75) is 31.8 Å². The summed E-state index contributed by atoms with van der Waals surface area (Å²) in [6.45, 7) is 3.71. The lowest BCUT2D eigenvalue weighted by Gasteiger charge is -2.25. The van der Waals surface area contributed by atoms with Crippen molar-refractivity contribution in [1.29, 1.82) is 0 Å². The van der Waals surface area contributed by atoms with Crippen molar-refractivity contribution < 1.29 is 12.6 Å². The van der Waals surface area contributed by atoms with Crippen LogP contribution in [0.25, 0.3) is 0 Å². The first-order valence-corrected chi connectivity index (χ1v) is 6.34. The van der Waals surface area contributed by atoms with Gasteiger partial charge in [-0.25, -0.2) is 0 Å². The SMILES string of the molecule is C=CC1CCC[C@H](OS(C)(=O)=O)C1. The smallest absolute Gasteiger partial charge is 0.264 e. The van der Waals surface area contributed by atoms with Crippen LogP contribution in [0.3, 0.4) is 0 Å². The molecule has 0 spiro atoms. The van der Waals surface area contributed by atoms with E-state index in [1.54, 1.807) is 0 Å². The fourth-order valence-electron chi connectivity index (χ4n) is 1.73. The van der Waals surface area contributed by atoms with E-state index in [4.69, 9.17) is 4.18 Å². The molecule has 0 aromatic rings. The molecule has 13 heavy (non-hydrogen) atoms. The Labute approximate surface area is 79.9 Å². The van der Waals surface area contributed by atoms with E-state index in [9.17, 15) is 8.42 Å². The van der Waals surface area contributed by atoms with Gasteiger partial charge in [-0.2, -0.15) is 8.42 Å². The van der Waals surface area contributed by atoms with Gasteiger partial charge in [-0.1, -0.05) is 12.5 Å². The van der Waals surface area contributed by atoms with Crippen LogP contribution in [0, 0.1) is 5.92 Å². The van der Waals surface area contributed by atoms with Gasteiger partial charge in [0.2, 0.25) is 0 Å². The Hall–Kier alpha value is -0.350. The molecule has 0 amide bonds. The molecule has 3 nitrogen and oxygen atoms in total. The van der Waals surface area contributed by atoms with Gasteiger partial charge in [0.15, 0.2) is 0 Å². The maximum Gasteiger partial charge on any atom is 0.264 e. The molecule has 0 aliphatic heterocycles. The Bertz CT molecular complexity index is 269. The summed E-state index contributed by atoms with van der Waals surface area (Å²) in [5.41, 5.74) is 0. The molecule has 4 heteroatoms. The molecule has 1 fully saturated rings. The zero-order valence-electron chi connectivity index (χ0n) is 7.90. The Morgan fingerprint density at radius 3 is 2.69 bits per heavy atom. The minimum Gasteiger partial charge on any atom is -0.267 e. The molecule has 0 heterocycles. The highest BCUT2D eigenvalue weighted by molar-refractivity contribution is 7.86. The summed E-state index contributed by atoms with van der Waals surface area (Å²) in [5.74, 6) is 0.417. The zero-order chi connectivity index (χ0) is 9.90. The topological polar surface area (TPSA) is 43.4 Å². The Morgan fingerprint density at radius 2 is 2.15 bits per heavy atom. The van der Waals surface area contributed by atoms with Crippen LogP contribution in [0.2, 0.25) is 0 Å². The van der Waals surface area contributed by atoms with Crippen LogP contribution >= 0.6 is 0 Å². The van der Waals surface area contributed by atoms with Crippen molar-refractivity contribution >= 4 is 10.1 Å². The number of hydrogen-bond acceptors (Lipinski definition) is 3. The van der Waals surface area contributed by atoms with Gasteiger partial charge in [-0.3, -0.25) is 4.18 Å². The molecule has 1 unspecified atom stereocenters. The molecule has 2 atom stereocenters. The summed E-state index contributed by atoms with van der Waals surface area (Å²) in [6, 6.07) is 0. The van der Waals surface area contributed by atoms with Crippen LogP contribution in [0.5, 0.6) is 0 Å². The molecule has 1 saturated carbocycles. The normalized spacial score (nSPS) is 29.9. The van der Waals surface area contributed by atoms with Gasteiger partial charge < -0.3 is 0 Å². The summed E-state index contributed by atoms with van der Waals surface area (Å²) in [6.07, 6.45) is 6.62. The van der Waals surface area contributed by atoms with Crippen LogP contribution in [0.1, 0.15) is 25.7 Å². The second-order valence-corrected chi connectivity index (χ2v) is 5.19. The Balaban J connectivity index is 2.47. The average molecular weight is 204 g/mol. The summed E-state index contributed by atoms with van der Waals surface area (Å²) in [7, 11) is -3.29. The minimum absolute atomic E-state index is 0.133. The van der Waals surface area contributed by atoms with Crippen LogP contribution in [-0.4, -0.2) is 20.8 Å². The van der Waals surface area contributed by atoms with Gasteiger partial charge in [0.05, 0.1) is 12.4 Å². The molecular weight excluding hydrogens is 188 g/mol. The zero-order valence-corrected chi connectivity index (χ0v) is 8.72. The first kappa shape index (κ1) is 10.7. The molecule has 0 saturated heterocycles. The van der Waals surface area contributed by atoms with Gasteiger partial charge >= 0.3 is 0 Å². The van der Waals surface area contributed by atoms with Gasteiger partial charge in [-0.05, 0) is 25.2 Å². The average Bonchev–Trinajstić information content (AvgIpc) is 2.01. The summed E-state index contributed by atoms with van der Waals surface area (Å²) in [4.78, 5) is 0. The van der Waals surface area contributed by atoms with Crippen LogP contribution in [0.15, 0.2) is 12.7 Å².